The molecule has 0 saturated carbocycles. The zero-order chi connectivity index (χ0) is 98.6. The second kappa shape index (κ2) is 42.1. The summed E-state index contributed by atoms with van der Waals surface area (Å²) in [7, 11) is -7.31. The SMILES string of the molecule is COc1cc2c(cc1OCCCOc1cc3c(cc1C)C(=O)N1C=C(OS(=O)(=O)C(F)(F)F)C[C@H]1C(=O)N3COCC[Si](C)(C)C)N(COCC[Si](C)(C)C)C(=O)[C@@H]1CC(C)=CN1C2=O.COc1ccc(C2=CN3C(=O)c4cc(C)c(OCCCOc5cc6c(cc5OC)C(=O)N5C=C(c7ccc(C)cc7)C[C@H]5C(=O)N6COCC[Si](C)(C)C)cc4N(COCC[Si](C)(C)C)C(=O)[C@@H]3C2)cc1. The number of hydrogen-bond donors (Lipinski definition) is 0. The summed E-state index contributed by atoms with van der Waals surface area (Å²) in [5.41, 5.74) is 3.49. The van der Waals surface area contributed by atoms with Crippen LogP contribution in [-0.2, 0) is 52.4 Å². The highest BCUT2D eigenvalue weighted by Crippen LogP contribution is 2.47. The summed E-state index contributed by atoms with van der Waals surface area (Å²) in [4.78, 5) is 125. The van der Waals surface area contributed by atoms with Crippen LogP contribution in [0.25, 0.3) is 11.1 Å². The second-order valence-electron chi connectivity index (χ2n) is 40.1. The fraction of sp³-hybridized carbons (Fsp3) is 0.469. The van der Waals surface area contributed by atoms with E-state index in [9.17, 15) is 59.9 Å². The van der Waals surface area contributed by atoms with E-state index in [-0.39, 0.29) is 117 Å². The van der Waals surface area contributed by atoms with E-state index < -0.39 is 96.1 Å². The van der Waals surface area contributed by atoms with Crippen molar-refractivity contribution in [2.45, 2.75) is 199 Å². The standard InChI is InChI=1S/C55H68N4O10Si2.C43H57F3N4O12SSi2/c1-36-12-14-38(15-13-36)40-27-48-55(63)59(35-67-23-25-71(8,9)10)46-31-51(50(65-4)29-44(46)53(61)57(48)32-40)69-21-11-20-68-49-30-45-43(26-37(49)2)52(60)56-33-41(39-16-18-42(64-3)19-17-39)28-47(56)54(62)58(45)34-66-22-24-70(5,6)7;1-27-17-34-41(53)50(26-59-14-16-65(7,8)9)33-22-38(37(57-3)20-31(33)40(52)47(34)23-27)61-12-10-11-60-36-21-32-30(18-28(36)2)39(51)48-24-29(62-63(55,56)43(44,45)46)19-35(48)42(54)49(32)25-58-13-15-64(4,5)6/h12-19,26,29-33,47-48H,11,20-25,27-28,34-35H2,1-10H3;18,20-24,34-35H,10-17,19,25-26H2,1-9H3/t47-,48-;34-,35-/m00/s1. The normalized spacial score (nSPS) is 18.4. The molecule has 6 aromatic rings. The predicted octanol–water partition coefficient (Wildman–Crippen LogP) is 17.2. The molecule has 6 aromatic carbocycles. The Morgan fingerprint density at radius 1 is 0.360 bits per heavy atom. The highest BCUT2D eigenvalue weighted by molar-refractivity contribution is 7.87. The van der Waals surface area contributed by atoms with Crippen molar-refractivity contribution < 1.29 is 116 Å². The van der Waals surface area contributed by atoms with Gasteiger partial charge in [-0.2, -0.15) is 21.6 Å². The molecule has 0 aliphatic carbocycles. The van der Waals surface area contributed by atoms with Crippen molar-refractivity contribution in [3.05, 3.63) is 183 Å². The van der Waals surface area contributed by atoms with Crippen LogP contribution < -0.4 is 52.8 Å². The molecule has 4 atom stereocenters. The molecule has 14 rings (SSSR count). The van der Waals surface area contributed by atoms with Gasteiger partial charge in [-0.1, -0.05) is 126 Å². The van der Waals surface area contributed by atoms with E-state index in [1.165, 1.54) is 41.1 Å². The van der Waals surface area contributed by atoms with Crippen molar-refractivity contribution in [1.29, 1.82) is 0 Å². The smallest absolute Gasteiger partial charge is 0.497 e. The molecule has 8 aliphatic rings. The molecular weight excluding hydrogens is 1840 g/mol. The molecule has 0 radical (unpaired) electrons. The second-order valence-corrected chi connectivity index (χ2v) is 64.1. The zero-order valence-corrected chi connectivity index (χ0v) is 85.8. The van der Waals surface area contributed by atoms with Gasteiger partial charge in [0.25, 0.3) is 47.3 Å². The first-order valence-electron chi connectivity index (χ1n) is 45.8. The summed E-state index contributed by atoms with van der Waals surface area (Å²) < 4.78 is 134. The van der Waals surface area contributed by atoms with Crippen molar-refractivity contribution in [1.82, 2.24) is 19.6 Å². The lowest BCUT2D eigenvalue weighted by atomic mass is 10.0. The Morgan fingerprint density at radius 3 is 1.01 bits per heavy atom. The number of anilines is 4. The van der Waals surface area contributed by atoms with Gasteiger partial charge in [0.05, 0.1) is 92.8 Å². The van der Waals surface area contributed by atoms with E-state index in [0.29, 0.717) is 115 Å². The molecular formula is C98H125F3N8O22SSi4. The van der Waals surface area contributed by atoms with E-state index >= 15 is 0 Å². The first-order chi connectivity index (χ1) is 64.1. The Bertz CT molecular complexity index is 5810. The van der Waals surface area contributed by atoms with Crippen molar-refractivity contribution in [3.63, 3.8) is 0 Å². The van der Waals surface area contributed by atoms with Crippen molar-refractivity contribution in [2.24, 2.45) is 0 Å². The minimum atomic E-state index is -6.06. The summed E-state index contributed by atoms with van der Waals surface area (Å²) in [5.74, 6) is -1.02. The van der Waals surface area contributed by atoms with Gasteiger partial charge in [-0.3, -0.25) is 62.9 Å². The van der Waals surface area contributed by atoms with Crippen LogP contribution in [0.4, 0.5) is 35.9 Å². The lowest BCUT2D eigenvalue weighted by Gasteiger charge is -2.27. The first kappa shape index (κ1) is 102. The molecule has 136 heavy (non-hydrogen) atoms. The third kappa shape index (κ3) is 23.8. The molecule has 0 N–H and O–H groups in total. The Kier molecular flexibility index (Phi) is 31.6. The summed E-state index contributed by atoms with van der Waals surface area (Å²) in [6.45, 7) is 36.3. The van der Waals surface area contributed by atoms with E-state index in [4.69, 9.17) is 52.1 Å². The lowest BCUT2D eigenvalue weighted by Crippen LogP contribution is -2.45. The van der Waals surface area contributed by atoms with Gasteiger partial charge < -0.3 is 71.0 Å². The number of alkyl halides is 3. The van der Waals surface area contributed by atoms with Crippen LogP contribution >= 0.6 is 0 Å². The molecule has 0 spiro atoms. The fourth-order valence-corrected chi connectivity index (χ4v) is 20.1. The van der Waals surface area contributed by atoms with Gasteiger partial charge in [0.1, 0.15) is 74.1 Å². The fourth-order valence-electron chi connectivity index (χ4n) is 16.6. The largest absolute Gasteiger partial charge is 0.534 e. The highest BCUT2D eigenvalue weighted by Gasteiger charge is 2.53. The molecule has 0 bridgehead atoms. The van der Waals surface area contributed by atoms with Gasteiger partial charge in [-0.25, -0.2) is 0 Å². The van der Waals surface area contributed by atoms with E-state index in [2.05, 4.69) is 82.7 Å². The summed E-state index contributed by atoms with van der Waals surface area (Å²) >= 11 is 0. The van der Waals surface area contributed by atoms with Gasteiger partial charge in [0.2, 0.25) is 0 Å². The van der Waals surface area contributed by atoms with Gasteiger partial charge in [-0.15, -0.1) is 0 Å². The van der Waals surface area contributed by atoms with E-state index in [0.717, 1.165) is 80.0 Å². The van der Waals surface area contributed by atoms with Gasteiger partial charge in [0, 0.05) is 140 Å². The zero-order valence-electron chi connectivity index (χ0n) is 81.0. The maximum Gasteiger partial charge on any atom is 0.534 e. The molecule has 8 aliphatic heterocycles. The molecule has 8 heterocycles. The molecule has 30 nitrogen and oxygen atoms in total. The topological polar surface area (TPSA) is 307 Å². The number of amides is 8. The molecule has 0 fully saturated rings. The number of ether oxygens (including phenoxy) is 11. The maximum atomic E-state index is 14.6. The number of carbonyl (C=O) groups excluding carboxylic acids is 8. The van der Waals surface area contributed by atoms with Gasteiger partial charge in [-0.05, 0) is 128 Å². The van der Waals surface area contributed by atoms with E-state index in [1.54, 1.807) is 88.6 Å². The summed E-state index contributed by atoms with van der Waals surface area (Å²) in [6.07, 6.45) is 7.39. The van der Waals surface area contributed by atoms with Crippen molar-refractivity contribution in [2.75, 3.05) is 121 Å². The van der Waals surface area contributed by atoms with Crippen molar-refractivity contribution in [3.8, 4) is 40.2 Å². The third-order valence-electron chi connectivity index (χ3n) is 24.5. The number of carbonyl (C=O) groups is 8. The number of hydrogen-bond acceptors (Lipinski definition) is 22. The Morgan fingerprint density at radius 2 is 0.669 bits per heavy atom. The highest BCUT2D eigenvalue weighted by atomic mass is 32.2. The Labute approximate surface area is 797 Å². The quantitative estimate of drug-likeness (QED) is 0.0150. The van der Waals surface area contributed by atoms with Crippen LogP contribution in [0, 0.1) is 20.8 Å². The minimum Gasteiger partial charge on any atom is -0.497 e. The monoisotopic (exact) mass is 1970 g/mol. The van der Waals surface area contributed by atoms with E-state index in [1.807, 2.05) is 69.3 Å². The van der Waals surface area contributed by atoms with Crippen LogP contribution in [0.3, 0.4) is 0 Å². The molecule has 38 heteroatoms. The number of rotatable bonds is 39. The van der Waals surface area contributed by atoms with Crippen LogP contribution in [0.1, 0.15) is 115 Å². The van der Waals surface area contributed by atoms with Crippen LogP contribution in [-0.4, -0.2) is 238 Å². The predicted molar refractivity (Wildman–Crippen MR) is 522 cm³/mol. The number of aryl methyl sites for hydroxylation is 3. The number of nitrogens with zero attached hydrogens (tertiary/aromatic N) is 8. The Balaban J connectivity index is 0.000000231. The van der Waals surface area contributed by atoms with Gasteiger partial charge >= 0.3 is 15.6 Å². The Hall–Kier alpha value is -11.1. The van der Waals surface area contributed by atoms with Crippen LogP contribution in [0.15, 0.2) is 133 Å². The summed E-state index contributed by atoms with van der Waals surface area (Å²) in [5, 5.41) is 0. The molecule has 0 unspecified atom stereocenters. The number of halogens is 3. The van der Waals surface area contributed by atoms with Gasteiger partial charge in [0.15, 0.2) is 23.0 Å². The minimum absolute atomic E-state index is 0.00613. The lowest BCUT2D eigenvalue weighted by molar-refractivity contribution is -0.123. The van der Waals surface area contributed by atoms with Crippen LogP contribution in [0.5, 0.6) is 40.2 Å². The number of benzene rings is 6. The van der Waals surface area contributed by atoms with Crippen molar-refractivity contribution >= 4 is 124 Å². The third-order valence-corrected chi connectivity index (χ3v) is 32.4. The molecule has 0 aromatic heterocycles. The average Bonchev–Trinajstić information content (AvgIpc) is 1.61. The van der Waals surface area contributed by atoms with Crippen LogP contribution in [0.2, 0.25) is 103 Å². The molecule has 0 saturated heterocycles. The maximum absolute atomic E-state index is 14.6. The number of fused-ring (bicyclic) bond motifs is 8. The number of methoxy groups -OCH3 is 3. The molecule has 8 amide bonds. The molecule has 732 valence electrons. The first-order valence-corrected chi connectivity index (χ1v) is 62.0. The summed E-state index contributed by atoms with van der Waals surface area (Å²) in [6, 6.07) is 28.7. The average molecular weight is 1970 g/mol.